The lowest BCUT2D eigenvalue weighted by atomic mass is 9.87. The standard InChI is InChI=1S/C30H35N3O5S/c1-8-37-29(36)25-18(2)20(4)39-28(25)32-27(35)22-11-15-24(16-12-22)38-19(3)26(34)33-31-17-21-9-13-23(14-10-21)30(5,6)7/h9-17,19H,8H2,1-7H3,(H,32,35)(H,33,34)/b31-17-/t19-/m1/s1. The molecule has 3 rings (SSSR count). The van der Waals surface area contributed by atoms with Gasteiger partial charge in [0.25, 0.3) is 11.8 Å². The van der Waals surface area contributed by atoms with E-state index in [1.807, 2.05) is 38.1 Å². The molecule has 206 valence electrons. The molecule has 0 aliphatic rings. The number of benzene rings is 2. The molecule has 0 radical (unpaired) electrons. The molecule has 2 aromatic carbocycles. The minimum atomic E-state index is -0.811. The molecule has 2 amide bonds. The molecule has 0 bridgehead atoms. The van der Waals surface area contributed by atoms with Gasteiger partial charge in [-0.2, -0.15) is 5.10 Å². The number of aryl methyl sites for hydroxylation is 1. The van der Waals surface area contributed by atoms with Crippen molar-refractivity contribution in [3.63, 3.8) is 0 Å². The third kappa shape index (κ3) is 7.77. The van der Waals surface area contributed by atoms with Crippen LogP contribution in [0.2, 0.25) is 0 Å². The van der Waals surface area contributed by atoms with E-state index < -0.39 is 18.0 Å². The molecular weight excluding hydrogens is 514 g/mol. The molecule has 9 heteroatoms. The number of thiophene rings is 1. The highest BCUT2D eigenvalue weighted by Gasteiger charge is 2.22. The highest BCUT2D eigenvalue weighted by Crippen LogP contribution is 2.33. The average molecular weight is 550 g/mol. The van der Waals surface area contributed by atoms with Gasteiger partial charge in [0.1, 0.15) is 10.8 Å². The Balaban J connectivity index is 1.56. The molecule has 0 aliphatic carbocycles. The van der Waals surface area contributed by atoms with E-state index in [2.05, 4.69) is 36.6 Å². The summed E-state index contributed by atoms with van der Waals surface area (Å²) in [6.45, 7) is 13.8. The lowest BCUT2D eigenvalue weighted by molar-refractivity contribution is -0.127. The fourth-order valence-electron chi connectivity index (χ4n) is 3.61. The molecule has 39 heavy (non-hydrogen) atoms. The fourth-order valence-corrected chi connectivity index (χ4v) is 4.66. The van der Waals surface area contributed by atoms with Gasteiger partial charge in [0, 0.05) is 10.4 Å². The zero-order valence-electron chi connectivity index (χ0n) is 23.4. The minimum absolute atomic E-state index is 0.0641. The maximum atomic E-state index is 12.8. The van der Waals surface area contributed by atoms with Gasteiger partial charge in [0.05, 0.1) is 18.4 Å². The monoisotopic (exact) mass is 549 g/mol. The topological polar surface area (TPSA) is 106 Å². The Morgan fingerprint density at radius 1 is 1.03 bits per heavy atom. The summed E-state index contributed by atoms with van der Waals surface area (Å²) in [5.74, 6) is -0.822. The molecule has 3 aromatic rings. The Kier molecular flexibility index (Phi) is 9.64. The molecule has 0 aliphatic heterocycles. The van der Waals surface area contributed by atoms with E-state index in [0.717, 1.165) is 16.0 Å². The normalized spacial score (nSPS) is 12.2. The lowest BCUT2D eigenvalue weighted by Gasteiger charge is -2.18. The van der Waals surface area contributed by atoms with Gasteiger partial charge in [0.2, 0.25) is 0 Å². The van der Waals surface area contributed by atoms with Crippen LogP contribution in [0.4, 0.5) is 5.00 Å². The highest BCUT2D eigenvalue weighted by molar-refractivity contribution is 7.16. The van der Waals surface area contributed by atoms with Crippen LogP contribution in [0.3, 0.4) is 0 Å². The second-order valence-corrected chi connectivity index (χ2v) is 11.3. The summed E-state index contributed by atoms with van der Waals surface area (Å²) in [5, 5.41) is 7.28. The van der Waals surface area contributed by atoms with Crippen molar-refractivity contribution < 1.29 is 23.9 Å². The summed E-state index contributed by atoms with van der Waals surface area (Å²) < 4.78 is 10.8. The summed E-state index contributed by atoms with van der Waals surface area (Å²) in [4.78, 5) is 38.5. The molecule has 8 nitrogen and oxygen atoms in total. The fraction of sp³-hybridized carbons (Fsp3) is 0.333. The first kappa shape index (κ1) is 29.6. The van der Waals surface area contributed by atoms with Gasteiger partial charge in [-0.25, -0.2) is 10.2 Å². The number of rotatable bonds is 9. The Bertz CT molecular complexity index is 1350. The number of nitrogens with one attached hydrogen (secondary N) is 2. The van der Waals surface area contributed by atoms with Crippen LogP contribution < -0.4 is 15.5 Å². The van der Waals surface area contributed by atoms with Crippen molar-refractivity contribution in [2.75, 3.05) is 11.9 Å². The molecule has 1 heterocycles. The maximum Gasteiger partial charge on any atom is 0.341 e. The molecule has 0 saturated heterocycles. The SMILES string of the molecule is CCOC(=O)c1c(NC(=O)c2ccc(O[C@H](C)C(=O)N/N=C\c3ccc(C(C)(C)C)cc3)cc2)sc(C)c1C. The number of anilines is 1. The van der Waals surface area contributed by atoms with Crippen LogP contribution in [-0.2, 0) is 14.9 Å². The second kappa shape index (κ2) is 12.7. The van der Waals surface area contributed by atoms with Crippen LogP contribution in [0.25, 0.3) is 0 Å². The van der Waals surface area contributed by atoms with Crippen molar-refractivity contribution in [2.24, 2.45) is 5.10 Å². The Morgan fingerprint density at radius 3 is 2.26 bits per heavy atom. The van der Waals surface area contributed by atoms with E-state index >= 15 is 0 Å². The third-order valence-corrected chi connectivity index (χ3v) is 7.18. The quantitative estimate of drug-likeness (QED) is 0.193. The van der Waals surface area contributed by atoms with E-state index in [0.29, 0.717) is 21.9 Å². The Labute approximate surface area is 233 Å². The lowest BCUT2D eigenvalue weighted by Crippen LogP contribution is -2.33. The van der Waals surface area contributed by atoms with Gasteiger partial charge < -0.3 is 14.8 Å². The molecule has 1 atom stereocenters. The Morgan fingerprint density at radius 2 is 1.67 bits per heavy atom. The largest absolute Gasteiger partial charge is 0.481 e. The molecular formula is C30H35N3O5S. The van der Waals surface area contributed by atoms with Gasteiger partial charge in [-0.15, -0.1) is 11.3 Å². The van der Waals surface area contributed by atoms with Gasteiger partial charge in [-0.05, 0) is 74.1 Å². The first-order valence-electron chi connectivity index (χ1n) is 12.7. The summed E-state index contributed by atoms with van der Waals surface area (Å²) in [7, 11) is 0. The summed E-state index contributed by atoms with van der Waals surface area (Å²) >= 11 is 1.33. The second-order valence-electron chi connectivity index (χ2n) is 10.1. The number of hydrazone groups is 1. The van der Waals surface area contributed by atoms with E-state index in [4.69, 9.17) is 9.47 Å². The van der Waals surface area contributed by atoms with Gasteiger partial charge >= 0.3 is 5.97 Å². The highest BCUT2D eigenvalue weighted by atomic mass is 32.1. The molecule has 0 saturated carbocycles. The number of ether oxygens (including phenoxy) is 2. The van der Waals surface area contributed by atoms with Crippen molar-refractivity contribution in [2.45, 2.75) is 60.0 Å². The van der Waals surface area contributed by atoms with Crippen LogP contribution >= 0.6 is 11.3 Å². The van der Waals surface area contributed by atoms with E-state index in [9.17, 15) is 14.4 Å². The summed E-state index contributed by atoms with van der Waals surface area (Å²) in [6, 6.07) is 14.4. The molecule has 0 spiro atoms. The van der Waals surface area contributed by atoms with Crippen LogP contribution in [0.15, 0.2) is 53.6 Å². The predicted octanol–water partition coefficient (Wildman–Crippen LogP) is 6.01. The molecule has 1 aromatic heterocycles. The number of nitrogens with zero attached hydrogens (tertiary/aromatic N) is 1. The van der Waals surface area contributed by atoms with Crippen molar-refractivity contribution in [3.05, 3.63) is 81.2 Å². The van der Waals surface area contributed by atoms with Crippen molar-refractivity contribution in [3.8, 4) is 5.75 Å². The van der Waals surface area contributed by atoms with E-state index in [-0.39, 0.29) is 17.9 Å². The summed E-state index contributed by atoms with van der Waals surface area (Å²) in [5.41, 5.74) is 6.17. The molecule has 2 N–H and O–H groups in total. The van der Waals surface area contributed by atoms with Crippen LogP contribution in [0.1, 0.15) is 76.9 Å². The van der Waals surface area contributed by atoms with Crippen LogP contribution in [-0.4, -0.2) is 36.7 Å². The summed E-state index contributed by atoms with van der Waals surface area (Å²) in [6.07, 6.45) is 0.767. The van der Waals surface area contributed by atoms with Crippen molar-refractivity contribution in [1.82, 2.24) is 5.43 Å². The molecule has 0 unspecified atom stereocenters. The number of amides is 2. The zero-order chi connectivity index (χ0) is 28.7. The van der Waals surface area contributed by atoms with Crippen molar-refractivity contribution in [1.29, 1.82) is 0 Å². The van der Waals surface area contributed by atoms with Gasteiger partial charge in [-0.1, -0.05) is 45.0 Å². The first-order chi connectivity index (χ1) is 18.4. The third-order valence-electron chi connectivity index (χ3n) is 6.06. The minimum Gasteiger partial charge on any atom is -0.481 e. The van der Waals surface area contributed by atoms with E-state index in [1.54, 1.807) is 44.3 Å². The number of hydrogen-bond donors (Lipinski definition) is 2. The molecule has 0 fully saturated rings. The average Bonchev–Trinajstić information content (AvgIpc) is 3.16. The number of hydrogen-bond acceptors (Lipinski definition) is 7. The smallest absolute Gasteiger partial charge is 0.341 e. The van der Waals surface area contributed by atoms with Crippen LogP contribution in [0, 0.1) is 13.8 Å². The van der Waals surface area contributed by atoms with Crippen LogP contribution in [0.5, 0.6) is 5.75 Å². The first-order valence-corrected chi connectivity index (χ1v) is 13.5. The number of carbonyl (C=O) groups is 3. The Hall–Kier alpha value is -3.98. The predicted molar refractivity (Wildman–Crippen MR) is 155 cm³/mol. The van der Waals surface area contributed by atoms with Gasteiger partial charge in [0.15, 0.2) is 6.10 Å². The van der Waals surface area contributed by atoms with E-state index in [1.165, 1.54) is 16.9 Å². The maximum absolute atomic E-state index is 12.8. The zero-order valence-corrected chi connectivity index (χ0v) is 24.2. The number of esters is 1. The number of carbonyl (C=O) groups excluding carboxylic acids is 3. The van der Waals surface area contributed by atoms with Crippen molar-refractivity contribution >= 4 is 40.3 Å². The van der Waals surface area contributed by atoms with Gasteiger partial charge in [-0.3, -0.25) is 9.59 Å².